The van der Waals surface area contributed by atoms with Gasteiger partial charge >= 0.3 is 5.51 Å². The largest absolute Gasteiger partial charge is 0.446 e. The van der Waals surface area contributed by atoms with Crippen LogP contribution in [-0.2, 0) is 0 Å². The van der Waals surface area contributed by atoms with Crippen molar-refractivity contribution in [1.29, 1.82) is 0 Å². The molecule has 0 aliphatic heterocycles. The smallest absolute Gasteiger partial charge is 0.364 e. The van der Waals surface area contributed by atoms with Gasteiger partial charge in [0.05, 0.1) is 11.0 Å². The molecule has 3 aromatic rings. The third kappa shape index (κ3) is 3.02. The number of carbonyl (C=O) groups excluding carboxylic acids is 1. The van der Waals surface area contributed by atoms with Gasteiger partial charge in [0, 0.05) is 22.2 Å². The minimum absolute atomic E-state index is 0.0194. The van der Waals surface area contributed by atoms with Crippen LogP contribution in [0.5, 0.6) is 0 Å². The number of aromatic nitrogens is 2. The summed E-state index contributed by atoms with van der Waals surface area (Å²) in [5.41, 5.74) is 2.43. The van der Waals surface area contributed by atoms with Crippen molar-refractivity contribution in [2.24, 2.45) is 5.73 Å². The van der Waals surface area contributed by atoms with Crippen LogP contribution in [0.4, 0.5) is 13.2 Å². The predicted octanol–water partition coefficient (Wildman–Crippen LogP) is 3.94. The topological polar surface area (TPSA) is 71.8 Å². The van der Waals surface area contributed by atoms with Gasteiger partial charge in [-0.2, -0.15) is 13.2 Å². The molecule has 2 heterocycles. The van der Waals surface area contributed by atoms with E-state index in [0.29, 0.717) is 11.0 Å². The second-order valence-electron chi connectivity index (χ2n) is 4.68. The number of aromatic amines is 1. The summed E-state index contributed by atoms with van der Waals surface area (Å²) >= 11 is -0.239. The van der Waals surface area contributed by atoms with E-state index in [2.05, 4.69) is 9.97 Å². The number of nitrogens with one attached hydrogen (secondary N) is 1. The SMILES string of the molecule is NC(=O)c1[nH]c2cccnc2c1-c1ccccc1SC(F)(F)F. The zero-order valence-electron chi connectivity index (χ0n) is 11.5. The molecule has 0 bridgehead atoms. The first-order chi connectivity index (χ1) is 10.9. The lowest BCUT2D eigenvalue weighted by Crippen LogP contribution is -2.12. The van der Waals surface area contributed by atoms with E-state index in [4.69, 9.17) is 5.73 Å². The van der Waals surface area contributed by atoms with Gasteiger partial charge in [0.2, 0.25) is 0 Å². The van der Waals surface area contributed by atoms with Crippen molar-refractivity contribution in [2.45, 2.75) is 10.4 Å². The average molecular weight is 337 g/mol. The Morgan fingerprint density at radius 3 is 2.61 bits per heavy atom. The van der Waals surface area contributed by atoms with Gasteiger partial charge in [-0.3, -0.25) is 9.78 Å². The zero-order valence-corrected chi connectivity index (χ0v) is 12.3. The molecule has 0 unspecified atom stereocenters. The van der Waals surface area contributed by atoms with E-state index in [0.717, 1.165) is 0 Å². The lowest BCUT2D eigenvalue weighted by Gasteiger charge is -2.11. The number of fused-ring (bicyclic) bond motifs is 1. The Morgan fingerprint density at radius 2 is 1.91 bits per heavy atom. The lowest BCUT2D eigenvalue weighted by molar-refractivity contribution is -0.0328. The van der Waals surface area contributed by atoms with Gasteiger partial charge in [0.25, 0.3) is 5.91 Å². The molecule has 0 aliphatic carbocycles. The van der Waals surface area contributed by atoms with E-state index in [-0.39, 0.29) is 33.5 Å². The Balaban J connectivity index is 2.29. The van der Waals surface area contributed by atoms with Crippen molar-refractivity contribution in [3.8, 4) is 11.1 Å². The Bertz CT molecular complexity index is 889. The quantitative estimate of drug-likeness (QED) is 0.711. The monoisotopic (exact) mass is 337 g/mol. The van der Waals surface area contributed by atoms with Crippen molar-refractivity contribution >= 4 is 28.7 Å². The average Bonchev–Trinajstić information content (AvgIpc) is 2.86. The Labute approximate surface area is 132 Å². The molecule has 118 valence electrons. The highest BCUT2D eigenvalue weighted by Gasteiger charge is 2.31. The summed E-state index contributed by atoms with van der Waals surface area (Å²) in [7, 11) is 0. The molecule has 3 N–H and O–H groups in total. The molecule has 0 spiro atoms. The third-order valence-corrected chi connectivity index (χ3v) is 3.99. The minimum Gasteiger partial charge on any atom is -0.364 e. The first-order valence-corrected chi connectivity index (χ1v) is 7.30. The number of amides is 1. The molecule has 0 radical (unpaired) electrons. The standard InChI is InChI=1S/C15H10F3N3OS/c16-15(17,18)23-10-6-2-1-4-8(10)11-12-9(5-3-7-20-12)21-13(11)14(19)22/h1-7,21H,(H2,19,22). The maximum Gasteiger partial charge on any atom is 0.446 e. The number of halogens is 3. The maximum atomic E-state index is 12.8. The first-order valence-electron chi connectivity index (χ1n) is 6.48. The van der Waals surface area contributed by atoms with Crippen LogP contribution >= 0.6 is 11.8 Å². The summed E-state index contributed by atoms with van der Waals surface area (Å²) in [5.74, 6) is -0.759. The summed E-state index contributed by atoms with van der Waals surface area (Å²) in [6, 6.07) is 9.30. The minimum atomic E-state index is -4.44. The second kappa shape index (κ2) is 5.62. The highest BCUT2D eigenvalue weighted by atomic mass is 32.2. The lowest BCUT2D eigenvalue weighted by atomic mass is 10.0. The summed E-state index contributed by atoms with van der Waals surface area (Å²) in [5, 5.41) is 0. The number of nitrogens with two attached hydrogens (primary N) is 1. The number of hydrogen-bond acceptors (Lipinski definition) is 3. The molecule has 0 saturated heterocycles. The maximum absolute atomic E-state index is 12.8. The number of nitrogens with zero attached hydrogens (tertiary/aromatic N) is 1. The van der Waals surface area contributed by atoms with Crippen molar-refractivity contribution in [3.63, 3.8) is 0 Å². The van der Waals surface area contributed by atoms with Crippen molar-refractivity contribution < 1.29 is 18.0 Å². The molecule has 0 aliphatic rings. The first kappa shape index (κ1) is 15.4. The molecule has 0 fully saturated rings. The van der Waals surface area contributed by atoms with Gasteiger partial charge in [-0.15, -0.1) is 0 Å². The molecule has 0 saturated carbocycles. The van der Waals surface area contributed by atoms with Crippen molar-refractivity contribution in [3.05, 3.63) is 48.3 Å². The molecular weight excluding hydrogens is 327 g/mol. The number of hydrogen-bond donors (Lipinski definition) is 2. The molecule has 1 aromatic carbocycles. The van der Waals surface area contributed by atoms with E-state index < -0.39 is 11.4 Å². The molecule has 0 atom stereocenters. The fourth-order valence-corrected chi connectivity index (χ4v) is 3.03. The number of thioether (sulfide) groups is 1. The highest BCUT2D eigenvalue weighted by molar-refractivity contribution is 8.00. The summed E-state index contributed by atoms with van der Waals surface area (Å²) in [4.78, 5) is 18.7. The Hall–Kier alpha value is -2.48. The highest BCUT2D eigenvalue weighted by Crippen LogP contribution is 2.43. The summed E-state index contributed by atoms with van der Waals surface area (Å²) < 4.78 is 38.4. The van der Waals surface area contributed by atoms with E-state index in [9.17, 15) is 18.0 Å². The van der Waals surface area contributed by atoms with Crippen LogP contribution in [0.15, 0.2) is 47.5 Å². The van der Waals surface area contributed by atoms with Crippen LogP contribution in [0.25, 0.3) is 22.2 Å². The van der Waals surface area contributed by atoms with Gasteiger partial charge in [-0.25, -0.2) is 0 Å². The van der Waals surface area contributed by atoms with Gasteiger partial charge in [0.15, 0.2) is 0 Å². The van der Waals surface area contributed by atoms with E-state index in [1.54, 1.807) is 18.2 Å². The van der Waals surface area contributed by atoms with Gasteiger partial charge in [-0.05, 0) is 30.0 Å². The van der Waals surface area contributed by atoms with Crippen LogP contribution in [0.3, 0.4) is 0 Å². The molecule has 1 amide bonds. The van der Waals surface area contributed by atoms with Crippen LogP contribution < -0.4 is 5.73 Å². The van der Waals surface area contributed by atoms with Crippen molar-refractivity contribution in [1.82, 2.24) is 9.97 Å². The molecule has 8 heteroatoms. The van der Waals surface area contributed by atoms with Gasteiger partial charge in [-0.1, -0.05) is 18.2 Å². The predicted molar refractivity (Wildman–Crippen MR) is 82.0 cm³/mol. The number of H-pyrrole nitrogens is 1. The van der Waals surface area contributed by atoms with Crippen molar-refractivity contribution in [2.75, 3.05) is 0 Å². The fourth-order valence-electron chi connectivity index (χ4n) is 2.35. The van der Waals surface area contributed by atoms with E-state index in [1.165, 1.54) is 24.4 Å². The van der Waals surface area contributed by atoms with E-state index >= 15 is 0 Å². The van der Waals surface area contributed by atoms with Crippen LogP contribution in [-0.4, -0.2) is 21.4 Å². The van der Waals surface area contributed by atoms with Crippen LogP contribution in [0, 0.1) is 0 Å². The Morgan fingerprint density at radius 1 is 1.17 bits per heavy atom. The molecule has 3 rings (SSSR count). The number of primary amides is 1. The second-order valence-corrected chi connectivity index (χ2v) is 5.79. The molecular formula is C15H10F3N3OS. The summed E-state index contributed by atoms with van der Waals surface area (Å²) in [6.07, 6.45) is 1.50. The zero-order chi connectivity index (χ0) is 16.6. The number of pyridine rings is 1. The molecule has 23 heavy (non-hydrogen) atoms. The number of benzene rings is 1. The third-order valence-electron chi connectivity index (χ3n) is 3.18. The Kier molecular flexibility index (Phi) is 3.77. The molecule has 2 aromatic heterocycles. The van der Waals surface area contributed by atoms with Gasteiger partial charge < -0.3 is 10.7 Å². The van der Waals surface area contributed by atoms with Crippen LogP contribution in [0.2, 0.25) is 0 Å². The summed E-state index contributed by atoms with van der Waals surface area (Å²) in [6.45, 7) is 0. The number of carbonyl (C=O) groups is 1. The van der Waals surface area contributed by atoms with E-state index in [1.807, 2.05) is 0 Å². The van der Waals surface area contributed by atoms with Crippen LogP contribution in [0.1, 0.15) is 10.5 Å². The normalized spacial score (nSPS) is 11.8. The number of rotatable bonds is 3. The molecule has 4 nitrogen and oxygen atoms in total. The fraction of sp³-hybridized carbons (Fsp3) is 0.0667. The number of alkyl halides is 3. The van der Waals surface area contributed by atoms with Gasteiger partial charge in [0.1, 0.15) is 5.69 Å².